The number of amidine groups is 1. The molecule has 0 saturated heterocycles. The van der Waals surface area contributed by atoms with E-state index in [9.17, 15) is 0 Å². The highest BCUT2D eigenvalue weighted by atomic mass is 79.9. The van der Waals surface area contributed by atoms with Gasteiger partial charge in [-0.05, 0) is 30.5 Å². The number of halogens is 1. The molecule has 1 aliphatic carbocycles. The van der Waals surface area contributed by atoms with Gasteiger partial charge in [0.15, 0.2) is 0 Å². The van der Waals surface area contributed by atoms with Crippen molar-refractivity contribution in [3.8, 4) is 0 Å². The lowest BCUT2D eigenvalue weighted by Gasteiger charge is -2.13. The third-order valence-electron chi connectivity index (χ3n) is 2.74. The van der Waals surface area contributed by atoms with E-state index in [-0.39, 0.29) is 5.41 Å². The Balaban J connectivity index is 2.36. The molecule has 2 rings (SSSR count). The molecule has 0 atom stereocenters. The predicted molar refractivity (Wildman–Crippen MR) is 58.5 cm³/mol. The quantitative estimate of drug-likeness (QED) is 0.368. The van der Waals surface area contributed by atoms with Crippen LogP contribution in [0.25, 0.3) is 0 Å². The van der Waals surface area contributed by atoms with E-state index in [1.807, 2.05) is 24.3 Å². The Morgan fingerprint density at radius 3 is 2.36 bits per heavy atom. The van der Waals surface area contributed by atoms with Crippen molar-refractivity contribution in [3.05, 3.63) is 34.3 Å². The third-order valence-corrected chi connectivity index (χ3v) is 3.27. The minimum atomic E-state index is -0.199. The van der Waals surface area contributed by atoms with Gasteiger partial charge < -0.3 is 10.9 Å². The van der Waals surface area contributed by atoms with Gasteiger partial charge in [0.25, 0.3) is 0 Å². The summed E-state index contributed by atoms with van der Waals surface area (Å²) in [5, 5.41) is 11.8. The first-order valence-corrected chi connectivity index (χ1v) is 5.22. The van der Waals surface area contributed by atoms with Gasteiger partial charge in [-0.2, -0.15) is 0 Å². The molecule has 0 unspecified atom stereocenters. The zero-order chi connectivity index (χ0) is 10.2. The maximum Gasteiger partial charge on any atom is 0.149 e. The van der Waals surface area contributed by atoms with Crippen LogP contribution in [-0.4, -0.2) is 11.0 Å². The SMILES string of the molecule is NC(=NO)C1(c2ccc(Br)cc2)CC1. The fraction of sp³-hybridized carbons (Fsp3) is 0.300. The summed E-state index contributed by atoms with van der Waals surface area (Å²) >= 11 is 3.38. The van der Waals surface area contributed by atoms with Crippen LogP contribution >= 0.6 is 15.9 Å². The number of oxime groups is 1. The molecule has 3 N–H and O–H groups in total. The molecule has 0 amide bonds. The fourth-order valence-corrected chi connectivity index (χ4v) is 1.95. The van der Waals surface area contributed by atoms with Gasteiger partial charge >= 0.3 is 0 Å². The fourth-order valence-electron chi connectivity index (χ4n) is 1.68. The van der Waals surface area contributed by atoms with Gasteiger partial charge in [0.2, 0.25) is 0 Å². The van der Waals surface area contributed by atoms with Gasteiger partial charge in [0, 0.05) is 4.47 Å². The van der Waals surface area contributed by atoms with E-state index in [1.54, 1.807) is 0 Å². The van der Waals surface area contributed by atoms with Gasteiger partial charge in [-0.1, -0.05) is 33.2 Å². The molecule has 1 fully saturated rings. The predicted octanol–water partition coefficient (Wildman–Crippen LogP) is 2.23. The molecular formula is C10H11BrN2O. The zero-order valence-corrected chi connectivity index (χ0v) is 9.16. The number of benzene rings is 1. The molecule has 14 heavy (non-hydrogen) atoms. The van der Waals surface area contributed by atoms with E-state index in [1.165, 1.54) is 0 Å². The smallest absolute Gasteiger partial charge is 0.149 e. The molecule has 0 radical (unpaired) electrons. The Hall–Kier alpha value is -1.03. The number of rotatable bonds is 2. The normalized spacial score (nSPS) is 19.4. The highest BCUT2D eigenvalue weighted by Gasteiger charge is 2.48. The summed E-state index contributed by atoms with van der Waals surface area (Å²) in [6, 6.07) is 7.96. The van der Waals surface area contributed by atoms with Crippen LogP contribution in [-0.2, 0) is 5.41 Å². The van der Waals surface area contributed by atoms with E-state index in [0.717, 1.165) is 22.9 Å². The maximum absolute atomic E-state index is 8.68. The minimum absolute atomic E-state index is 0.199. The van der Waals surface area contributed by atoms with Crippen LogP contribution in [0.5, 0.6) is 0 Å². The molecule has 3 nitrogen and oxygen atoms in total. The van der Waals surface area contributed by atoms with Crippen LogP contribution in [0.2, 0.25) is 0 Å². The number of hydrogen-bond donors (Lipinski definition) is 2. The summed E-state index contributed by atoms with van der Waals surface area (Å²) in [7, 11) is 0. The van der Waals surface area contributed by atoms with Crippen LogP contribution < -0.4 is 5.73 Å². The van der Waals surface area contributed by atoms with Crippen LogP contribution in [0.1, 0.15) is 18.4 Å². The van der Waals surface area contributed by atoms with Crippen molar-refractivity contribution in [3.63, 3.8) is 0 Å². The summed E-state index contributed by atoms with van der Waals surface area (Å²) in [6.45, 7) is 0. The van der Waals surface area contributed by atoms with Gasteiger partial charge in [-0.25, -0.2) is 0 Å². The molecule has 74 valence electrons. The van der Waals surface area contributed by atoms with E-state index in [0.29, 0.717) is 5.84 Å². The average Bonchev–Trinajstić information content (AvgIpc) is 2.99. The Morgan fingerprint density at radius 2 is 1.93 bits per heavy atom. The topological polar surface area (TPSA) is 58.6 Å². The minimum Gasteiger partial charge on any atom is -0.409 e. The highest BCUT2D eigenvalue weighted by molar-refractivity contribution is 9.10. The monoisotopic (exact) mass is 254 g/mol. The molecule has 4 heteroatoms. The number of nitrogens with zero attached hydrogens (tertiary/aromatic N) is 1. The average molecular weight is 255 g/mol. The molecule has 0 bridgehead atoms. The summed E-state index contributed by atoms with van der Waals surface area (Å²) in [5.41, 5.74) is 6.59. The molecule has 0 spiro atoms. The first-order valence-electron chi connectivity index (χ1n) is 4.43. The van der Waals surface area contributed by atoms with Crippen LogP contribution in [0.4, 0.5) is 0 Å². The largest absolute Gasteiger partial charge is 0.409 e. The molecular weight excluding hydrogens is 244 g/mol. The summed E-state index contributed by atoms with van der Waals surface area (Å²) in [4.78, 5) is 0. The number of hydrogen-bond acceptors (Lipinski definition) is 2. The van der Waals surface area contributed by atoms with E-state index >= 15 is 0 Å². The van der Waals surface area contributed by atoms with Gasteiger partial charge in [0.1, 0.15) is 5.84 Å². The zero-order valence-electron chi connectivity index (χ0n) is 7.57. The van der Waals surface area contributed by atoms with Crippen molar-refractivity contribution in [2.75, 3.05) is 0 Å². The standard InChI is InChI=1S/C10H11BrN2O/c11-8-3-1-7(2-4-8)10(5-6-10)9(12)13-14/h1-4,14H,5-6H2,(H2,12,13). The Kier molecular flexibility index (Phi) is 2.23. The summed E-state index contributed by atoms with van der Waals surface area (Å²) in [5.74, 6) is 0.319. The van der Waals surface area contributed by atoms with E-state index in [4.69, 9.17) is 10.9 Å². The lowest BCUT2D eigenvalue weighted by Crippen LogP contribution is -2.28. The van der Waals surface area contributed by atoms with Crippen molar-refractivity contribution in [1.29, 1.82) is 0 Å². The summed E-state index contributed by atoms with van der Waals surface area (Å²) in [6.07, 6.45) is 1.93. The van der Waals surface area contributed by atoms with Crippen molar-refractivity contribution < 1.29 is 5.21 Å². The highest BCUT2D eigenvalue weighted by Crippen LogP contribution is 2.48. The molecule has 0 aliphatic heterocycles. The van der Waals surface area contributed by atoms with Crippen molar-refractivity contribution in [1.82, 2.24) is 0 Å². The molecule has 1 aromatic carbocycles. The maximum atomic E-state index is 8.68. The second kappa shape index (κ2) is 3.28. The Bertz CT molecular complexity index is 368. The molecule has 1 aromatic rings. The van der Waals surface area contributed by atoms with Crippen molar-refractivity contribution in [2.24, 2.45) is 10.9 Å². The molecule has 0 aromatic heterocycles. The van der Waals surface area contributed by atoms with Crippen LogP contribution in [0.15, 0.2) is 33.9 Å². The first kappa shape index (κ1) is 9.52. The molecule has 1 saturated carbocycles. The first-order chi connectivity index (χ1) is 6.69. The van der Waals surface area contributed by atoms with Crippen molar-refractivity contribution in [2.45, 2.75) is 18.3 Å². The second-order valence-electron chi connectivity index (χ2n) is 3.57. The molecule has 0 heterocycles. The van der Waals surface area contributed by atoms with Gasteiger partial charge in [-0.3, -0.25) is 0 Å². The second-order valence-corrected chi connectivity index (χ2v) is 4.49. The lowest BCUT2D eigenvalue weighted by molar-refractivity contribution is 0.315. The third kappa shape index (κ3) is 1.39. The van der Waals surface area contributed by atoms with Gasteiger partial charge in [0.05, 0.1) is 5.41 Å². The van der Waals surface area contributed by atoms with Gasteiger partial charge in [-0.15, -0.1) is 0 Å². The van der Waals surface area contributed by atoms with Crippen molar-refractivity contribution >= 4 is 21.8 Å². The van der Waals surface area contributed by atoms with Crippen LogP contribution in [0, 0.1) is 0 Å². The van der Waals surface area contributed by atoms with E-state index in [2.05, 4.69) is 21.1 Å². The molecule has 1 aliphatic rings. The lowest BCUT2D eigenvalue weighted by atomic mass is 9.95. The Labute approximate surface area is 90.7 Å². The summed E-state index contributed by atoms with van der Waals surface area (Å²) < 4.78 is 1.04. The van der Waals surface area contributed by atoms with Crippen LogP contribution in [0.3, 0.4) is 0 Å². The van der Waals surface area contributed by atoms with E-state index < -0.39 is 0 Å². The number of nitrogens with two attached hydrogens (primary N) is 1. The Morgan fingerprint density at radius 1 is 1.36 bits per heavy atom.